The van der Waals surface area contributed by atoms with E-state index < -0.39 is 23.8 Å². The molecular formula is C18H19Cl2F2N5O2. The van der Waals surface area contributed by atoms with Gasteiger partial charge in [-0.2, -0.15) is 8.78 Å². The third-order valence-electron chi connectivity index (χ3n) is 4.42. The highest BCUT2D eigenvalue weighted by Gasteiger charge is 2.40. The zero-order valence-electron chi connectivity index (χ0n) is 14.3. The molecule has 2 amide bonds. The molecular weight excluding hydrogens is 427 g/mol. The molecule has 0 saturated heterocycles. The Labute approximate surface area is 176 Å². The van der Waals surface area contributed by atoms with Gasteiger partial charge in [0.2, 0.25) is 5.95 Å². The molecule has 1 aliphatic carbocycles. The highest BCUT2D eigenvalue weighted by molar-refractivity contribution is 6.35. The highest BCUT2D eigenvalue weighted by Crippen LogP contribution is 2.46. The van der Waals surface area contributed by atoms with E-state index in [9.17, 15) is 18.4 Å². The monoisotopic (exact) mass is 445 g/mol. The number of nitrogens with one attached hydrogen (secondary N) is 3. The first-order valence-corrected chi connectivity index (χ1v) is 9.00. The third-order valence-corrected chi connectivity index (χ3v) is 4.96. The lowest BCUT2D eigenvalue weighted by molar-refractivity contribution is -0.132. The summed E-state index contributed by atoms with van der Waals surface area (Å²) in [6.45, 7) is 0. The number of nitrogens with zero attached hydrogens (tertiary/aromatic N) is 2. The number of hydrogen-bond acceptors (Lipinski definition) is 5. The Balaban J connectivity index is 0.00000300. The van der Waals surface area contributed by atoms with E-state index in [1.54, 1.807) is 17.6 Å². The van der Waals surface area contributed by atoms with Gasteiger partial charge in [0.25, 0.3) is 5.91 Å². The van der Waals surface area contributed by atoms with E-state index in [2.05, 4.69) is 15.3 Å². The molecule has 0 radical (unpaired) electrons. The molecule has 1 aromatic carbocycles. The van der Waals surface area contributed by atoms with Crippen molar-refractivity contribution in [2.45, 2.75) is 38.7 Å². The Morgan fingerprint density at radius 2 is 1.76 bits per heavy atom. The van der Waals surface area contributed by atoms with E-state index in [1.807, 2.05) is 11.5 Å². The van der Waals surface area contributed by atoms with Gasteiger partial charge in [0.05, 0.1) is 11.1 Å². The molecule has 1 aromatic heterocycles. The number of alkyl halides is 2. The Hall–Kier alpha value is -2.52. The van der Waals surface area contributed by atoms with Crippen molar-refractivity contribution in [3.63, 3.8) is 0 Å². The Morgan fingerprint density at radius 1 is 1.10 bits per heavy atom. The molecule has 29 heavy (non-hydrogen) atoms. The molecule has 3 N–H and O–H groups in total. The van der Waals surface area contributed by atoms with Crippen LogP contribution in [0.3, 0.4) is 0 Å². The van der Waals surface area contributed by atoms with Crippen LogP contribution in [0.2, 0.25) is 10.0 Å². The summed E-state index contributed by atoms with van der Waals surface area (Å²) in [5.41, 5.74) is 3.90. The van der Waals surface area contributed by atoms with Crippen LogP contribution in [-0.4, -0.2) is 28.2 Å². The second kappa shape index (κ2) is 9.32. The number of amides is 2. The minimum atomic E-state index is -3.23. The number of carbonyl (C=O) groups excluding carboxylic acids is 2. The topological polar surface area (TPSA) is 96.0 Å². The number of rotatable bonds is 5. The number of anilines is 1. The molecule has 0 atom stereocenters. The third kappa shape index (κ3) is 5.10. The lowest BCUT2D eigenvalue weighted by atomic mass is 9.72. The molecule has 1 aliphatic rings. The first kappa shape index (κ1) is 22.8. The number of benzene rings is 1. The molecule has 11 heteroatoms. The van der Waals surface area contributed by atoms with Crippen molar-refractivity contribution in [2.24, 2.45) is 0 Å². The first-order valence-electron chi connectivity index (χ1n) is 8.25. The second-order valence-electron chi connectivity index (χ2n) is 6.22. The van der Waals surface area contributed by atoms with Crippen LogP contribution in [-0.2, 0) is 10.3 Å². The van der Waals surface area contributed by atoms with Crippen LogP contribution in [0.4, 0.5) is 14.7 Å². The van der Waals surface area contributed by atoms with E-state index in [0.717, 1.165) is 24.8 Å². The van der Waals surface area contributed by atoms with Gasteiger partial charge in [-0.1, -0.05) is 36.7 Å². The van der Waals surface area contributed by atoms with Gasteiger partial charge in [-0.05, 0) is 37.0 Å². The van der Waals surface area contributed by atoms with Gasteiger partial charge in [0.15, 0.2) is 0 Å². The highest BCUT2D eigenvalue weighted by atomic mass is 35.5. The van der Waals surface area contributed by atoms with E-state index in [0.29, 0.717) is 10.0 Å². The summed E-state index contributed by atoms with van der Waals surface area (Å²) < 4.78 is 24.2. The van der Waals surface area contributed by atoms with E-state index >= 15 is 0 Å². The van der Waals surface area contributed by atoms with Crippen molar-refractivity contribution in [1.82, 2.24) is 20.8 Å². The fourth-order valence-corrected chi connectivity index (χ4v) is 3.43. The first-order chi connectivity index (χ1) is 13.3. The van der Waals surface area contributed by atoms with Crippen LogP contribution < -0.4 is 16.2 Å². The van der Waals surface area contributed by atoms with E-state index in [-0.39, 0.29) is 18.9 Å². The molecule has 1 heterocycles. The molecule has 1 saturated carbocycles. The average Bonchev–Trinajstić information content (AvgIpc) is 2.63. The van der Waals surface area contributed by atoms with Gasteiger partial charge in [-0.15, -0.1) is 0 Å². The van der Waals surface area contributed by atoms with Gasteiger partial charge in [0.1, 0.15) is 0 Å². The zero-order valence-corrected chi connectivity index (χ0v) is 15.8. The van der Waals surface area contributed by atoms with Crippen molar-refractivity contribution in [3.05, 3.63) is 51.8 Å². The zero-order chi connectivity index (χ0) is 20.3. The second-order valence-corrected chi connectivity index (χ2v) is 7.07. The lowest BCUT2D eigenvalue weighted by Crippen LogP contribution is -2.44. The summed E-state index contributed by atoms with van der Waals surface area (Å²) in [6.07, 6.45) is 1.83. The van der Waals surface area contributed by atoms with Gasteiger partial charge in [0, 0.05) is 22.4 Å². The van der Waals surface area contributed by atoms with Crippen molar-refractivity contribution in [3.8, 4) is 0 Å². The molecule has 0 bridgehead atoms. The molecule has 0 aliphatic heterocycles. The summed E-state index contributed by atoms with van der Waals surface area (Å²) in [5, 5.41) is 4.32. The number of carbonyl (C=O) groups is 2. The molecule has 0 unspecified atom stereocenters. The van der Waals surface area contributed by atoms with Gasteiger partial charge in [-0.3, -0.25) is 20.4 Å². The largest absolute Gasteiger partial charge is 0.345 e. The summed E-state index contributed by atoms with van der Waals surface area (Å²) >= 11 is 12.3. The molecule has 1 fully saturated rings. The van der Waals surface area contributed by atoms with Crippen molar-refractivity contribution < 1.29 is 18.4 Å². The Morgan fingerprint density at radius 3 is 2.28 bits per heavy atom. The minimum absolute atomic E-state index is 0. The normalized spacial score (nSPS) is 14.4. The van der Waals surface area contributed by atoms with Gasteiger partial charge < -0.3 is 5.32 Å². The standard InChI is InChI=1S/C17H15Cl2F2N5O2.CH4/c18-10-2-3-11(12(19)6-10)17(4-1-5-17)24-16-22-7-9(8-23-16)14(27)25-26-15(28)13(20)21;/h2-3,6-8,13H,1,4-5H2,(H,25,27)(H,26,28)(H,22,23,24);1H4. The fourth-order valence-electron chi connectivity index (χ4n) is 2.84. The van der Waals surface area contributed by atoms with Crippen LogP contribution in [0.1, 0.15) is 42.6 Å². The number of aromatic nitrogens is 2. The smallest absolute Gasteiger partial charge is 0.317 e. The molecule has 156 valence electrons. The van der Waals surface area contributed by atoms with E-state index in [4.69, 9.17) is 23.2 Å². The number of hydrogen-bond donors (Lipinski definition) is 3. The SMILES string of the molecule is C.O=C(NNC(=O)C(F)F)c1cnc(NC2(c3ccc(Cl)cc3Cl)CCC2)nc1. The van der Waals surface area contributed by atoms with Gasteiger partial charge >= 0.3 is 12.3 Å². The minimum Gasteiger partial charge on any atom is -0.345 e. The van der Waals surface area contributed by atoms with Crippen LogP contribution in [0, 0.1) is 0 Å². The van der Waals surface area contributed by atoms with Crippen LogP contribution in [0.5, 0.6) is 0 Å². The number of hydrazine groups is 1. The van der Waals surface area contributed by atoms with Gasteiger partial charge in [-0.25, -0.2) is 9.97 Å². The maximum absolute atomic E-state index is 12.1. The fraction of sp³-hybridized carbons (Fsp3) is 0.333. The van der Waals surface area contributed by atoms with Crippen LogP contribution >= 0.6 is 23.2 Å². The number of halogens is 4. The summed E-state index contributed by atoms with van der Waals surface area (Å²) in [7, 11) is 0. The predicted octanol–water partition coefficient (Wildman–Crippen LogP) is 3.94. The molecule has 0 spiro atoms. The summed E-state index contributed by atoms with van der Waals surface area (Å²) in [6, 6.07) is 5.28. The predicted molar refractivity (Wildman–Crippen MR) is 106 cm³/mol. The van der Waals surface area contributed by atoms with Crippen LogP contribution in [0.25, 0.3) is 0 Å². The average molecular weight is 446 g/mol. The molecule has 7 nitrogen and oxygen atoms in total. The summed E-state index contributed by atoms with van der Waals surface area (Å²) in [5.74, 6) is -2.15. The molecule has 3 rings (SSSR count). The Kier molecular flexibility index (Phi) is 7.32. The van der Waals surface area contributed by atoms with Crippen LogP contribution in [0.15, 0.2) is 30.6 Å². The van der Waals surface area contributed by atoms with Crippen molar-refractivity contribution in [1.29, 1.82) is 0 Å². The van der Waals surface area contributed by atoms with Crippen molar-refractivity contribution >= 4 is 41.0 Å². The Bertz CT molecular complexity index is 892. The van der Waals surface area contributed by atoms with Crippen molar-refractivity contribution in [2.75, 3.05) is 5.32 Å². The lowest BCUT2D eigenvalue weighted by Gasteiger charge is -2.43. The molecule has 2 aromatic rings. The van der Waals surface area contributed by atoms with E-state index in [1.165, 1.54) is 12.4 Å². The maximum Gasteiger partial charge on any atom is 0.317 e. The quantitative estimate of drug-likeness (QED) is 0.605. The summed E-state index contributed by atoms with van der Waals surface area (Å²) in [4.78, 5) is 30.8. The maximum atomic E-state index is 12.1.